The minimum absolute atomic E-state index is 0.873. The van der Waals surface area contributed by atoms with Crippen molar-refractivity contribution in [3.63, 3.8) is 0 Å². The van der Waals surface area contributed by atoms with Gasteiger partial charge in [0.2, 0.25) is 0 Å². The number of hydrogen-bond donors (Lipinski definition) is 1. The van der Waals surface area contributed by atoms with Crippen molar-refractivity contribution in [1.82, 2.24) is 0 Å². The largest absolute Gasteiger partial charge is 0.381 e. The molecule has 0 bridgehead atoms. The van der Waals surface area contributed by atoms with Crippen LogP contribution in [0.2, 0.25) is 0 Å². The second-order valence-electron chi connectivity index (χ2n) is 5.99. The van der Waals surface area contributed by atoms with Gasteiger partial charge in [0.15, 0.2) is 0 Å². The molecule has 0 heterocycles. The van der Waals surface area contributed by atoms with Crippen LogP contribution in [0.3, 0.4) is 0 Å². The van der Waals surface area contributed by atoms with Gasteiger partial charge in [0.25, 0.3) is 0 Å². The summed E-state index contributed by atoms with van der Waals surface area (Å²) in [6, 6.07) is 24.0. The van der Waals surface area contributed by atoms with E-state index in [2.05, 4.69) is 79.0 Å². The molecule has 0 aliphatic heterocycles. The third-order valence-corrected chi connectivity index (χ3v) is 4.54. The number of hydrogen-bond acceptors (Lipinski definition) is 1. The van der Waals surface area contributed by atoms with Crippen molar-refractivity contribution in [1.29, 1.82) is 0 Å². The molecule has 1 N–H and O–H groups in total. The molecule has 108 valence electrons. The molecule has 1 nitrogen and oxygen atoms in total. The Labute approximate surface area is 131 Å². The molecular weight excluding hydrogens is 266 g/mol. The Hall–Kier alpha value is -2.54. The molecule has 1 heteroatoms. The number of rotatable bonds is 3. The van der Waals surface area contributed by atoms with E-state index in [9.17, 15) is 0 Å². The normalized spacial score (nSPS) is 11.9. The van der Waals surface area contributed by atoms with Crippen LogP contribution >= 0.6 is 0 Å². The quantitative estimate of drug-likeness (QED) is 0.547. The lowest BCUT2D eigenvalue weighted by molar-refractivity contribution is 1.12. The van der Waals surface area contributed by atoms with Gasteiger partial charge in [0.05, 0.1) is 0 Å². The topological polar surface area (TPSA) is 12.0 Å². The highest BCUT2D eigenvalue weighted by atomic mass is 14.9. The van der Waals surface area contributed by atoms with Crippen LogP contribution in [-0.2, 0) is 13.0 Å². The molecule has 0 saturated carbocycles. The van der Waals surface area contributed by atoms with Crippen molar-refractivity contribution in [2.24, 2.45) is 0 Å². The summed E-state index contributed by atoms with van der Waals surface area (Å²) in [5.74, 6) is 0. The van der Waals surface area contributed by atoms with Gasteiger partial charge < -0.3 is 5.32 Å². The maximum absolute atomic E-state index is 3.56. The minimum Gasteiger partial charge on any atom is -0.381 e. The number of nitrogens with one attached hydrogen (secondary N) is 1. The fraction of sp³-hybridized carbons (Fsp3) is 0.143. The van der Waals surface area contributed by atoms with Crippen LogP contribution in [0.4, 0.5) is 5.69 Å². The first-order valence-electron chi connectivity index (χ1n) is 7.81. The zero-order valence-electron chi connectivity index (χ0n) is 12.8. The van der Waals surface area contributed by atoms with Crippen LogP contribution in [0.1, 0.15) is 22.3 Å². The lowest BCUT2D eigenvalue weighted by atomic mass is 10.1. The van der Waals surface area contributed by atoms with E-state index in [0.29, 0.717) is 0 Å². The summed E-state index contributed by atoms with van der Waals surface area (Å²) in [6.45, 7) is 3.04. The molecule has 3 aromatic carbocycles. The van der Waals surface area contributed by atoms with E-state index in [-0.39, 0.29) is 0 Å². The molecule has 1 aliphatic rings. The van der Waals surface area contributed by atoms with E-state index in [1.807, 2.05) is 0 Å². The summed E-state index contributed by atoms with van der Waals surface area (Å²) in [5.41, 5.74) is 9.54. The van der Waals surface area contributed by atoms with E-state index >= 15 is 0 Å². The number of benzene rings is 3. The van der Waals surface area contributed by atoms with Gasteiger partial charge in [-0.15, -0.1) is 0 Å². The summed E-state index contributed by atoms with van der Waals surface area (Å²) >= 11 is 0. The second kappa shape index (κ2) is 5.34. The van der Waals surface area contributed by atoms with Crippen LogP contribution < -0.4 is 5.32 Å². The Balaban J connectivity index is 1.56. The Morgan fingerprint density at radius 1 is 0.818 bits per heavy atom. The Morgan fingerprint density at radius 2 is 1.59 bits per heavy atom. The van der Waals surface area contributed by atoms with Gasteiger partial charge in [-0.25, -0.2) is 0 Å². The zero-order valence-corrected chi connectivity index (χ0v) is 12.8. The molecule has 0 saturated heterocycles. The lowest BCUT2D eigenvalue weighted by Crippen LogP contribution is -2.01. The summed E-state index contributed by atoms with van der Waals surface area (Å²) < 4.78 is 0. The molecule has 0 atom stereocenters. The summed E-state index contributed by atoms with van der Waals surface area (Å²) in [7, 11) is 0. The first-order chi connectivity index (χ1) is 10.8. The average molecular weight is 285 g/mol. The SMILES string of the molecule is Cc1ccccc1CNc1ccc2c(c1)Cc1ccccc1-2. The van der Waals surface area contributed by atoms with Gasteiger partial charge in [0, 0.05) is 12.2 Å². The van der Waals surface area contributed by atoms with E-state index < -0.39 is 0 Å². The number of aryl methyl sites for hydroxylation is 1. The van der Waals surface area contributed by atoms with Gasteiger partial charge >= 0.3 is 0 Å². The van der Waals surface area contributed by atoms with Crippen molar-refractivity contribution < 1.29 is 0 Å². The molecule has 0 fully saturated rings. The maximum Gasteiger partial charge on any atom is 0.0403 e. The highest BCUT2D eigenvalue weighted by Crippen LogP contribution is 2.37. The van der Waals surface area contributed by atoms with Crippen LogP contribution in [0.25, 0.3) is 11.1 Å². The predicted molar refractivity (Wildman–Crippen MR) is 93.2 cm³/mol. The third-order valence-electron chi connectivity index (χ3n) is 4.54. The molecule has 3 aromatic rings. The summed E-state index contributed by atoms with van der Waals surface area (Å²) in [5, 5.41) is 3.56. The monoisotopic (exact) mass is 285 g/mol. The van der Waals surface area contributed by atoms with Crippen molar-refractivity contribution in [2.75, 3.05) is 5.32 Å². The third kappa shape index (κ3) is 2.29. The van der Waals surface area contributed by atoms with E-state index in [4.69, 9.17) is 0 Å². The van der Waals surface area contributed by atoms with Crippen LogP contribution in [0.5, 0.6) is 0 Å². The first kappa shape index (κ1) is 13.1. The first-order valence-corrected chi connectivity index (χ1v) is 7.81. The van der Waals surface area contributed by atoms with Crippen molar-refractivity contribution in [3.05, 3.63) is 89.0 Å². The van der Waals surface area contributed by atoms with Crippen molar-refractivity contribution in [2.45, 2.75) is 19.9 Å². The molecule has 0 spiro atoms. The Bertz CT molecular complexity index is 833. The van der Waals surface area contributed by atoms with Gasteiger partial charge in [-0.2, -0.15) is 0 Å². The van der Waals surface area contributed by atoms with Gasteiger partial charge in [-0.05, 0) is 58.9 Å². The predicted octanol–water partition coefficient (Wildman–Crippen LogP) is 5.18. The Morgan fingerprint density at radius 3 is 2.50 bits per heavy atom. The smallest absolute Gasteiger partial charge is 0.0403 e. The lowest BCUT2D eigenvalue weighted by Gasteiger charge is -2.10. The molecule has 22 heavy (non-hydrogen) atoms. The van der Waals surface area contributed by atoms with Crippen molar-refractivity contribution >= 4 is 5.69 Å². The minimum atomic E-state index is 0.873. The standard InChI is InChI=1S/C21H19N/c1-15-6-2-3-8-17(15)14-22-19-10-11-21-18(13-19)12-16-7-4-5-9-20(16)21/h2-11,13,22H,12,14H2,1H3. The molecule has 4 rings (SSSR count). The highest BCUT2D eigenvalue weighted by molar-refractivity contribution is 5.78. The maximum atomic E-state index is 3.56. The van der Waals surface area contributed by atoms with Crippen LogP contribution in [0.15, 0.2) is 66.7 Å². The molecule has 0 unspecified atom stereocenters. The van der Waals surface area contributed by atoms with E-state index in [1.165, 1.54) is 39.1 Å². The molecule has 0 radical (unpaired) electrons. The molecule has 0 amide bonds. The highest BCUT2D eigenvalue weighted by Gasteiger charge is 2.17. The van der Waals surface area contributed by atoms with Gasteiger partial charge in [0.1, 0.15) is 0 Å². The van der Waals surface area contributed by atoms with Gasteiger partial charge in [-0.3, -0.25) is 0 Å². The molecule has 0 aromatic heterocycles. The second-order valence-corrected chi connectivity index (χ2v) is 5.99. The Kier molecular flexibility index (Phi) is 3.19. The van der Waals surface area contributed by atoms with E-state index in [0.717, 1.165) is 13.0 Å². The van der Waals surface area contributed by atoms with Crippen molar-refractivity contribution in [3.8, 4) is 11.1 Å². The van der Waals surface area contributed by atoms with Gasteiger partial charge in [-0.1, -0.05) is 54.6 Å². The molecule has 1 aliphatic carbocycles. The average Bonchev–Trinajstić information content (AvgIpc) is 2.92. The summed E-state index contributed by atoms with van der Waals surface area (Å²) in [4.78, 5) is 0. The fourth-order valence-corrected chi connectivity index (χ4v) is 3.26. The number of anilines is 1. The zero-order chi connectivity index (χ0) is 14.9. The van der Waals surface area contributed by atoms with Crippen LogP contribution in [-0.4, -0.2) is 0 Å². The fourth-order valence-electron chi connectivity index (χ4n) is 3.26. The van der Waals surface area contributed by atoms with Crippen LogP contribution in [0, 0.1) is 6.92 Å². The summed E-state index contributed by atoms with van der Waals surface area (Å²) in [6.07, 6.45) is 1.05. The molecular formula is C21H19N. The number of fused-ring (bicyclic) bond motifs is 3. The van der Waals surface area contributed by atoms with E-state index in [1.54, 1.807) is 0 Å².